The second kappa shape index (κ2) is 9.55. The number of amides is 1. The highest BCUT2D eigenvalue weighted by Crippen LogP contribution is 2.37. The van der Waals surface area contributed by atoms with E-state index < -0.39 is 17.8 Å². The monoisotopic (exact) mass is 504 g/mol. The molecule has 0 aliphatic rings. The van der Waals surface area contributed by atoms with E-state index in [0.717, 1.165) is 17.2 Å². The van der Waals surface area contributed by atoms with Crippen molar-refractivity contribution in [2.45, 2.75) is 26.2 Å². The summed E-state index contributed by atoms with van der Waals surface area (Å²) in [6.45, 7) is 1.99. The Hall–Kier alpha value is -3.63. The van der Waals surface area contributed by atoms with Crippen LogP contribution in [0.5, 0.6) is 5.75 Å². The van der Waals surface area contributed by atoms with Crippen LogP contribution in [0.25, 0.3) is 22.4 Å². The first-order chi connectivity index (χ1) is 16.6. The van der Waals surface area contributed by atoms with Crippen molar-refractivity contribution in [3.05, 3.63) is 75.8 Å². The maximum Gasteiger partial charge on any atom is 0.433 e. The summed E-state index contributed by atoms with van der Waals surface area (Å²) in [4.78, 5) is 20.9. The van der Waals surface area contributed by atoms with Crippen molar-refractivity contribution < 1.29 is 27.1 Å². The topological polar surface area (TPSA) is 103 Å². The zero-order chi connectivity index (χ0) is 25.3. The van der Waals surface area contributed by atoms with Crippen molar-refractivity contribution in [1.82, 2.24) is 15.3 Å². The zero-order valence-electron chi connectivity index (χ0n) is 18.7. The fraction of sp³-hybridized carbons (Fsp3) is 0.208. The molecule has 11 heteroatoms. The van der Waals surface area contributed by atoms with E-state index in [4.69, 9.17) is 26.5 Å². The summed E-state index contributed by atoms with van der Waals surface area (Å²) in [6, 6.07) is 10.5. The van der Waals surface area contributed by atoms with Gasteiger partial charge in [0.2, 0.25) is 5.89 Å². The van der Waals surface area contributed by atoms with Crippen molar-refractivity contribution in [3.63, 3.8) is 0 Å². The smallest absolute Gasteiger partial charge is 0.433 e. The quantitative estimate of drug-likeness (QED) is 0.371. The van der Waals surface area contributed by atoms with Gasteiger partial charge in [0.1, 0.15) is 17.0 Å². The zero-order valence-corrected chi connectivity index (χ0v) is 19.4. The van der Waals surface area contributed by atoms with Crippen LogP contribution < -0.4 is 15.8 Å². The largest absolute Gasteiger partial charge is 0.494 e. The van der Waals surface area contributed by atoms with Crippen LogP contribution in [0.15, 0.2) is 46.9 Å². The Morgan fingerprint density at radius 2 is 1.94 bits per heavy atom. The highest BCUT2D eigenvalue weighted by Gasteiger charge is 2.33. The average Bonchev–Trinajstić information content (AvgIpc) is 3.26. The number of hydrogen-bond donors (Lipinski definition) is 2. The SMILES string of the molecule is COc1ccc(-c2nc(C(=O)NCc3ccc(Cl)cc3C)c(CN)o2)c2ccc(C(F)(F)F)nc12. The molecule has 0 spiro atoms. The molecule has 0 fully saturated rings. The number of nitrogens with zero attached hydrogens (tertiary/aromatic N) is 2. The third kappa shape index (κ3) is 4.94. The van der Waals surface area contributed by atoms with Gasteiger partial charge in [-0.1, -0.05) is 17.7 Å². The van der Waals surface area contributed by atoms with Gasteiger partial charge in [-0.2, -0.15) is 13.2 Å². The number of carbonyl (C=O) groups excluding carboxylic acids is 1. The number of carbonyl (C=O) groups is 1. The highest BCUT2D eigenvalue weighted by molar-refractivity contribution is 6.30. The first kappa shape index (κ1) is 24.5. The fourth-order valence-corrected chi connectivity index (χ4v) is 3.83. The fourth-order valence-electron chi connectivity index (χ4n) is 3.60. The van der Waals surface area contributed by atoms with Gasteiger partial charge in [-0.05, 0) is 54.4 Å². The van der Waals surface area contributed by atoms with Crippen molar-refractivity contribution in [2.24, 2.45) is 5.73 Å². The summed E-state index contributed by atoms with van der Waals surface area (Å²) >= 11 is 5.98. The third-order valence-electron chi connectivity index (χ3n) is 5.40. The van der Waals surface area contributed by atoms with Crippen LogP contribution in [0, 0.1) is 6.92 Å². The van der Waals surface area contributed by atoms with Crippen LogP contribution in [0.3, 0.4) is 0 Å². The molecule has 35 heavy (non-hydrogen) atoms. The summed E-state index contributed by atoms with van der Waals surface area (Å²) in [5.74, 6) is -0.205. The summed E-state index contributed by atoms with van der Waals surface area (Å²) in [6.07, 6.45) is -4.63. The lowest BCUT2D eigenvalue weighted by atomic mass is 10.1. The molecule has 2 heterocycles. The Bertz CT molecular complexity index is 1420. The molecule has 182 valence electrons. The van der Waals surface area contributed by atoms with Crippen LogP contribution in [-0.4, -0.2) is 23.0 Å². The van der Waals surface area contributed by atoms with Gasteiger partial charge in [-0.15, -0.1) is 0 Å². The van der Waals surface area contributed by atoms with Crippen molar-refractivity contribution >= 4 is 28.4 Å². The maximum absolute atomic E-state index is 13.2. The highest BCUT2D eigenvalue weighted by atomic mass is 35.5. The minimum atomic E-state index is -4.63. The van der Waals surface area contributed by atoms with Crippen molar-refractivity contribution in [2.75, 3.05) is 7.11 Å². The number of halogens is 4. The number of nitrogens with two attached hydrogens (primary N) is 1. The molecule has 4 aromatic rings. The van der Waals surface area contributed by atoms with E-state index in [-0.39, 0.29) is 41.7 Å². The second-order valence-corrected chi connectivity index (χ2v) is 8.09. The number of fused-ring (bicyclic) bond motifs is 1. The van der Waals surface area contributed by atoms with Crippen molar-refractivity contribution in [1.29, 1.82) is 0 Å². The van der Waals surface area contributed by atoms with E-state index in [1.165, 1.54) is 19.2 Å². The van der Waals surface area contributed by atoms with E-state index in [2.05, 4.69) is 15.3 Å². The lowest BCUT2D eigenvalue weighted by molar-refractivity contribution is -0.140. The van der Waals surface area contributed by atoms with E-state index in [0.29, 0.717) is 16.0 Å². The maximum atomic E-state index is 13.2. The minimum absolute atomic E-state index is 0.0158. The normalized spacial score (nSPS) is 11.6. The van der Waals surface area contributed by atoms with E-state index in [9.17, 15) is 18.0 Å². The predicted octanol–water partition coefficient (Wildman–Crippen LogP) is 5.27. The Morgan fingerprint density at radius 3 is 2.60 bits per heavy atom. The number of nitrogens with one attached hydrogen (secondary N) is 1. The number of ether oxygens (including phenoxy) is 1. The number of pyridine rings is 1. The molecule has 0 radical (unpaired) electrons. The number of hydrogen-bond acceptors (Lipinski definition) is 6. The minimum Gasteiger partial charge on any atom is -0.494 e. The Balaban J connectivity index is 1.70. The van der Waals surface area contributed by atoms with Crippen LogP contribution in [0.2, 0.25) is 5.02 Å². The molecule has 0 saturated carbocycles. The van der Waals surface area contributed by atoms with Gasteiger partial charge >= 0.3 is 6.18 Å². The van der Waals surface area contributed by atoms with Crippen LogP contribution >= 0.6 is 11.6 Å². The van der Waals surface area contributed by atoms with Crippen LogP contribution in [-0.2, 0) is 19.3 Å². The van der Waals surface area contributed by atoms with Gasteiger partial charge in [-0.3, -0.25) is 4.79 Å². The summed E-state index contributed by atoms with van der Waals surface area (Å²) in [5.41, 5.74) is 6.79. The van der Waals surface area contributed by atoms with E-state index in [1.807, 2.05) is 13.0 Å². The molecule has 2 aromatic carbocycles. The molecule has 7 nitrogen and oxygen atoms in total. The number of aryl methyl sites for hydroxylation is 1. The summed E-state index contributed by atoms with van der Waals surface area (Å²) < 4.78 is 50.5. The molecule has 0 unspecified atom stereocenters. The number of rotatable bonds is 6. The van der Waals surface area contributed by atoms with Crippen molar-refractivity contribution in [3.8, 4) is 17.2 Å². The number of aromatic nitrogens is 2. The van der Waals surface area contributed by atoms with Gasteiger partial charge in [0.25, 0.3) is 5.91 Å². The van der Waals surface area contributed by atoms with E-state index >= 15 is 0 Å². The van der Waals surface area contributed by atoms with Gasteiger partial charge in [-0.25, -0.2) is 9.97 Å². The Kier molecular flexibility index (Phi) is 6.68. The molecule has 0 saturated heterocycles. The lowest BCUT2D eigenvalue weighted by Gasteiger charge is -2.11. The molecule has 4 rings (SSSR count). The number of methoxy groups -OCH3 is 1. The van der Waals surface area contributed by atoms with Gasteiger partial charge in [0.05, 0.1) is 13.7 Å². The molecule has 0 atom stereocenters. The van der Waals surface area contributed by atoms with Crippen LogP contribution in [0.1, 0.15) is 33.1 Å². The molecule has 0 aliphatic heterocycles. The molecular formula is C24H20ClF3N4O3. The van der Waals surface area contributed by atoms with Gasteiger partial charge in [0.15, 0.2) is 11.5 Å². The lowest BCUT2D eigenvalue weighted by Crippen LogP contribution is -2.25. The third-order valence-corrected chi connectivity index (χ3v) is 5.64. The predicted molar refractivity (Wildman–Crippen MR) is 124 cm³/mol. The van der Waals surface area contributed by atoms with Gasteiger partial charge < -0.3 is 20.2 Å². The molecular weight excluding hydrogens is 485 g/mol. The first-order valence-corrected chi connectivity index (χ1v) is 10.8. The van der Waals surface area contributed by atoms with E-state index in [1.54, 1.807) is 18.2 Å². The first-order valence-electron chi connectivity index (χ1n) is 10.4. The number of oxazole rings is 1. The average molecular weight is 505 g/mol. The van der Waals surface area contributed by atoms with Crippen LogP contribution in [0.4, 0.5) is 13.2 Å². The number of benzene rings is 2. The summed E-state index contributed by atoms with van der Waals surface area (Å²) in [5, 5.41) is 3.68. The standard InChI is InChI=1S/C24H20ClF3N4O3/c1-12-9-14(25)4-3-13(12)11-30-22(33)21-18(10-29)35-23(32-21)16-5-7-17(34-2)20-15(16)6-8-19(31-20)24(26,27)28/h3-9H,10-11,29H2,1-2H3,(H,30,33). The number of alkyl halides is 3. The molecule has 0 aliphatic carbocycles. The second-order valence-electron chi connectivity index (χ2n) is 7.65. The molecule has 0 bridgehead atoms. The van der Waals surface area contributed by atoms with Gasteiger partial charge in [0, 0.05) is 22.5 Å². The molecule has 2 aromatic heterocycles. The Morgan fingerprint density at radius 1 is 1.17 bits per heavy atom. The molecule has 1 amide bonds. The molecule has 3 N–H and O–H groups in total. The summed E-state index contributed by atoms with van der Waals surface area (Å²) in [7, 11) is 1.33. The Labute approximate surface area is 203 Å².